The predicted octanol–water partition coefficient (Wildman–Crippen LogP) is 1.70. The van der Waals surface area contributed by atoms with Gasteiger partial charge in [0.2, 0.25) is 0 Å². The van der Waals surface area contributed by atoms with Gasteiger partial charge < -0.3 is 14.3 Å². The molecule has 0 bridgehead atoms. The maximum atomic E-state index is 12.8. The molecule has 7 heteroatoms. The van der Waals surface area contributed by atoms with E-state index in [-0.39, 0.29) is 11.8 Å². The summed E-state index contributed by atoms with van der Waals surface area (Å²) in [5.41, 5.74) is 3.63. The lowest BCUT2D eigenvalue weighted by molar-refractivity contribution is 0.0788. The minimum atomic E-state index is -0.00154. The molecule has 1 atom stereocenters. The molecule has 0 aliphatic carbocycles. The normalized spacial score (nSPS) is 20.8. The molecular weight excluding hydrogens is 318 g/mol. The number of hydrogen-bond donors (Lipinski definition) is 0. The van der Waals surface area contributed by atoms with E-state index >= 15 is 0 Å². The fourth-order valence-electron chi connectivity index (χ4n) is 3.77. The van der Waals surface area contributed by atoms with Crippen LogP contribution in [0.25, 0.3) is 0 Å². The molecule has 0 aromatic carbocycles. The van der Waals surface area contributed by atoms with Crippen molar-refractivity contribution < 1.29 is 9.32 Å². The Kier molecular flexibility index (Phi) is 4.03. The van der Waals surface area contributed by atoms with Crippen LogP contribution >= 0.6 is 0 Å². The van der Waals surface area contributed by atoms with E-state index in [2.05, 4.69) is 22.1 Å². The standard InChI is InChI=1S/C18H23N5O2/c1-11-16(12(2)25-21-11)18(24)23-7-4-13(10-23)17-19-8-14-9-22(3)6-5-15(14)20-17/h8,13H,4-7,9-10H2,1-3H3/t13-/m1/s1. The second-order valence-corrected chi connectivity index (χ2v) is 7.12. The van der Waals surface area contributed by atoms with Crippen molar-refractivity contribution in [3.8, 4) is 0 Å². The topological polar surface area (TPSA) is 75.4 Å². The Morgan fingerprint density at radius 1 is 1.32 bits per heavy atom. The third-order valence-electron chi connectivity index (χ3n) is 5.23. The Morgan fingerprint density at radius 3 is 2.92 bits per heavy atom. The van der Waals surface area contributed by atoms with Crippen molar-refractivity contribution in [1.29, 1.82) is 0 Å². The van der Waals surface area contributed by atoms with Gasteiger partial charge in [-0.3, -0.25) is 4.79 Å². The van der Waals surface area contributed by atoms with Crippen molar-refractivity contribution in [3.63, 3.8) is 0 Å². The highest BCUT2D eigenvalue weighted by Gasteiger charge is 2.32. The lowest BCUT2D eigenvalue weighted by atomic mass is 10.1. The lowest BCUT2D eigenvalue weighted by Crippen LogP contribution is -2.30. The zero-order valence-electron chi connectivity index (χ0n) is 14.9. The number of hydrogen-bond acceptors (Lipinski definition) is 6. The zero-order chi connectivity index (χ0) is 17.6. The molecule has 7 nitrogen and oxygen atoms in total. The van der Waals surface area contributed by atoms with Crippen molar-refractivity contribution >= 4 is 5.91 Å². The van der Waals surface area contributed by atoms with Gasteiger partial charge >= 0.3 is 0 Å². The van der Waals surface area contributed by atoms with Crippen molar-refractivity contribution in [1.82, 2.24) is 24.9 Å². The molecule has 2 aliphatic rings. The molecular formula is C18H23N5O2. The van der Waals surface area contributed by atoms with Crippen LogP contribution in [0.2, 0.25) is 0 Å². The van der Waals surface area contributed by atoms with Crippen LogP contribution < -0.4 is 0 Å². The van der Waals surface area contributed by atoms with Crippen LogP contribution in [0.4, 0.5) is 0 Å². The summed E-state index contributed by atoms with van der Waals surface area (Å²) in [7, 11) is 2.12. The van der Waals surface area contributed by atoms with Crippen LogP contribution in [0.15, 0.2) is 10.7 Å². The fourth-order valence-corrected chi connectivity index (χ4v) is 3.77. The number of aromatic nitrogens is 3. The third kappa shape index (κ3) is 2.93. The Bertz CT molecular complexity index is 796. The number of amides is 1. The summed E-state index contributed by atoms with van der Waals surface area (Å²) in [6.07, 6.45) is 3.83. The highest BCUT2D eigenvalue weighted by molar-refractivity contribution is 5.96. The molecule has 0 unspecified atom stereocenters. The second-order valence-electron chi connectivity index (χ2n) is 7.12. The van der Waals surface area contributed by atoms with Gasteiger partial charge in [0.05, 0.1) is 5.69 Å². The van der Waals surface area contributed by atoms with Crippen LogP contribution in [-0.2, 0) is 13.0 Å². The van der Waals surface area contributed by atoms with Gasteiger partial charge in [0.15, 0.2) is 0 Å². The summed E-state index contributed by atoms with van der Waals surface area (Å²) in [4.78, 5) is 26.3. The molecule has 2 aromatic heterocycles. The summed E-state index contributed by atoms with van der Waals surface area (Å²) in [5, 5.41) is 3.89. The molecule has 0 spiro atoms. The minimum Gasteiger partial charge on any atom is -0.361 e. The summed E-state index contributed by atoms with van der Waals surface area (Å²) in [6, 6.07) is 0. The van der Waals surface area contributed by atoms with Crippen molar-refractivity contribution in [2.45, 2.75) is 39.2 Å². The van der Waals surface area contributed by atoms with E-state index in [1.54, 1.807) is 13.8 Å². The first-order valence-corrected chi connectivity index (χ1v) is 8.78. The molecule has 4 heterocycles. The Morgan fingerprint density at radius 2 is 2.16 bits per heavy atom. The molecule has 2 aliphatic heterocycles. The van der Waals surface area contributed by atoms with Crippen molar-refractivity contribution in [2.24, 2.45) is 0 Å². The largest absolute Gasteiger partial charge is 0.361 e. The van der Waals surface area contributed by atoms with Crippen LogP contribution in [0.1, 0.15) is 51.2 Å². The fraction of sp³-hybridized carbons (Fsp3) is 0.556. The van der Waals surface area contributed by atoms with Crippen molar-refractivity contribution in [3.05, 3.63) is 40.3 Å². The number of carbonyl (C=O) groups is 1. The molecule has 1 fully saturated rings. The second kappa shape index (κ2) is 6.22. The molecule has 0 N–H and O–H groups in total. The Hall–Kier alpha value is -2.28. The maximum Gasteiger partial charge on any atom is 0.259 e. The SMILES string of the molecule is Cc1noc(C)c1C(=O)N1CC[C@@H](c2ncc3c(n2)CCN(C)C3)C1. The Balaban J connectivity index is 1.50. The van der Waals surface area contributed by atoms with E-state index in [0.717, 1.165) is 38.3 Å². The van der Waals surface area contributed by atoms with Gasteiger partial charge in [-0.25, -0.2) is 9.97 Å². The van der Waals surface area contributed by atoms with Crippen LogP contribution in [0, 0.1) is 13.8 Å². The molecule has 132 valence electrons. The first-order chi connectivity index (χ1) is 12.0. The zero-order valence-corrected chi connectivity index (χ0v) is 14.9. The average molecular weight is 341 g/mol. The highest BCUT2D eigenvalue weighted by Crippen LogP contribution is 2.28. The van der Waals surface area contributed by atoms with Gasteiger partial charge in [-0.1, -0.05) is 5.16 Å². The molecule has 25 heavy (non-hydrogen) atoms. The number of likely N-dealkylation sites (N-methyl/N-ethyl adjacent to an activating group) is 1. The van der Waals surface area contributed by atoms with E-state index in [0.29, 0.717) is 23.6 Å². The predicted molar refractivity (Wildman–Crippen MR) is 91.3 cm³/mol. The first kappa shape index (κ1) is 16.2. The van der Waals surface area contributed by atoms with Gasteiger partial charge in [0, 0.05) is 56.0 Å². The van der Waals surface area contributed by atoms with E-state index < -0.39 is 0 Å². The number of nitrogens with zero attached hydrogens (tertiary/aromatic N) is 5. The molecule has 4 rings (SSSR count). The van der Waals surface area contributed by atoms with Crippen LogP contribution in [0.5, 0.6) is 0 Å². The number of fused-ring (bicyclic) bond motifs is 1. The molecule has 0 saturated carbocycles. The number of rotatable bonds is 2. The first-order valence-electron chi connectivity index (χ1n) is 8.78. The summed E-state index contributed by atoms with van der Waals surface area (Å²) < 4.78 is 5.13. The monoisotopic (exact) mass is 341 g/mol. The van der Waals surface area contributed by atoms with E-state index in [9.17, 15) is 4.79 Å². The van der Waals surface area contributed by atoms with Crippen molar-refractivity contribution in [2.75, 3.05) is 26.7 Å². The molecule has 2 aromatic rings. The smallest absolute Gasteiger partial charge is 0.259 e. The van der Waals surface area contributed by atoms with Gasteiger partial charge in [0.25, 0.3) is 5.91 Å². The van der Waals surface area contributed by atoms with Crippen LogP contribution in [-0.4, -0.2) is 57.5 Å². The van der Waals surface area contributed by atoms with Crippen LogP contribution in [0.3, 0.4) is 0 Å². The summed E-state index contributed by atoms with van der Waals surface area (Å²) >= 11 is 0. The van der Waals surface area contributed by atoms with Gasteiger partial charge in [0.1, 0.15) is 17.1 Å². The summed E-state index contributed by atoms with van der Waals surface area (Å²) in [6.45, 7) is 6.91. The molecule has 0 radical (unpaired) electrons. The number of aryl methyl sites for hydroxylation is 2. The third-order valence-corrected chi connectivity index (χ3v) is 5.23. The number of likely N-dealkylation sites (tertiary alicyclic amines) is 1. The summed E-state index contributed by atoms with van der Waals surface area (Å²) in [5.74, 6) is 1.66. The highest BCUT2D eigenvalue weighted by atomic mass is 16.5. The lowest BCUT2D eigenvalue weighted by Gasteiger charge is -2.24. The quantitative estimate of drug-likeness (QED) is 0.828. The van der Waals surface area contributed by atoms with Gasteiger partial charge in [-0.05, 0) is 27.3 Å². The Labute approximate surface area is 147 Å². The van der Waals surface area contributed by atoms with E-state index in [1.165, 1.54) is 11.3 Å². The molecule has 1 amide bonds. The maximum absolute atomic E-state index is 12.8. The number of carbonyl (C=O) groups excluding carboxylic acids is 1. The minimum absolute atomic E-state index is 0.00154. The van der Waals surface area contributed by atoms with Gasteiger partial charge in [-0.15, -0.1) is 0 Å². The van der Waals surface area contributed by atoms with E-state index in [1.807, 2.05) is 11.1 Å². The van der Waals surface area contributed by atoms with Gasteiger partial charge in [-0.2, -0.15) is 0 Å². The average Bonchev–Trinajstić information content (AvgIpc) is 3.21. The molecule has 1 saturated heterocycles. The van der Waals surface area contributed by atoms with E-state index in [4.69, 9.17) is 9.51 Å².